The second-order valence-electron chi connectivity index (χ2n) is 5.77. The molecule has 1 saturated carbocycles. The van der Waals surface area contributed by atoms with E-state index in [4.69, 9.17) is 5.73 Å². The number of rotatable bonds is 3. The molecule has 0 spiro atoms. The first kappa shape index (κ1) is 11.7. The van der Waals surface area contributed by atoms with Gasteiger partial charge in [-0.1, -0.05) is 6.07 Å². The Bertz CT molecular complexity index is 662. The Balaban J connectivity index is 1.62. The Kier molecular flexibility index (Phi) is 2.62. The van der Waals surface area contributed by atoms with Gasteiger partial charge < -0.3 is 11.1 Å². The zero-order valence-electron chi connectivity index (χ0n) is 11.4. The molecular formula is C16H18N4. The molecule has 4 nitrogen and oxygen atoms in total. The Morgan fingerprint density at radius 3 is 2.75 bits per heavy atom. The molecule has 0 saturated heterocycles. The second kappa shape index (κ2) is 4.47. The van der Waals surface area contributed by atoms with E-state index >= 15 is 0 Å². The van der Waals surface area contributed by atoms with Crippen molar-refractivity contribution in [1.82, 2.24) is 9.97 Å². The van der Waals surface area contributed by atoms with Gasteiger partial charge >= 0.3 is 0 Å². The van der Waals surface area contributed by atoms with E-state index in [1.807, 2.05) is 0 Å². The van der Waals surface area contributed by atoms with Gasteiger partial charge in [0.2, 0.25) is 0 Å². The lowest BCUT2D eigenvalue weighted by Crippen LogP contribution is -2.03. The highest BCUT2D eigenvalue weighted by Gasteiger charge is 2.27. The molecule has 0 atom stereocenters. The minimum atomic E-state index is 0.513. The third kappa shape index (κ3) is 2.22. The number of hydrogen-bond acceptors (Lipinski definition) is 4. The summed E-state index contributed by atoms with van der Waals surface area (Å²) < 4.78 is 0. The van der Waals surface area contributed by atoms with Crippen LogP contribution in [0.3, 0.4) is 0 Å². The molecule has 2 aliphatic rings. The van der Waals surface area contributed by atoms with E-state index in [9.17, 15) is 0 Å². The quantitative estimate of drug-likeness (QED) is 0.895. The lowest BCUT2D eigenvalue weighted by molar-refractivity contribution is 0.912. The summed E-state index contributed by atoms with van der Waals surface area (Å²) in [4.78, 5) is 8.90. The number of fused-ring (bicyclic) bond motifs is 1. The number of nitrogens with two attached hydrogens (primary N) is 1. The lowest BCUT2D eigenvalue weighted by Gasteiger charge is -2.09. The monoisotopic (exact) mass is 266 g/mol. The molecule has 0 radical (unpaired) electrons. The van der Waals surface area contributed by atoms with E-state index < -0.39 is 0 Å². The molecule has 3 N–H and O–H groups in total. The maximum atomic E-state index is 5.88. The molecular weight excluding hydrogens is 248 g/mol. The summed E-state index contributed by atoms with van der Waals surface area (Å²) in [5.74, 6) is 2.75. The van der Waals surface area contributed by atoms with Crippen LogP contribution in [0.2, 0.25) is 0 Å². The van der Waals surface area contributed by atoms with Crippen molar-refractivity contribution in [2.45, 2.75) is 38.0 Å². The van der Waals surface area contributed by atoms with Crippen LogP contribution in [0, 0.1) is 0 Å². The molecule has 1 fully saturated rings. The molecule has 0 unspecified atom stereocenters. The summed E-state index contributed by atoms with van der Waals surface area (Å²) in [6.07, 6.45) is 6.03. The van der Waals surface area contributed by atoms with Crippen LogP contribution < -0.4 is 11.1 Å². The minimum Gasteiger partial charge on any atom is -0.384 e. The van der Waals surface area contributed by atoms with Gasteiger partial charge in [0.15, 0.2) is 0 Å². The molecule has 0 bridgehead atoms. The van der Waals surface area contributed by atoms with Gasteiger partial charge in [-0.25, -0.2) is 9.97 Å². The highest BCUT2D eigenvalue weighted by atomic mass is 15.1. The summed E-state index contributed by atoms with van der Waals surface area (Å²) in [5, 5.41) is 3.37. The average molecular weight is 266 g/mol. The summed E-state index contributed by atoms with van der Waals surface area (Å²) in [5.41, 5.74) is 9.91. The van der Waals surface area contributed by atoms with Gasteiger partial charge in [0.05, 0.1) is 0 Å². The van der Waals surface area contributed by atoms with E-state index in [1.165, 1.54) is 43.2 Å². The van der Waals surface area contributed by atoms with E-state index in [2.05, 4.69) is 33.5 Å². The summed E-state index contributed by atoms with van der Waals surface area (Å²) in [7, 11) is 0. The highest BCUT2D eigenvalue weighted by molar-refractivity contribution is 5.60. The van der Waals surface area contributed by atoms with Crippen molar-refractivity contribution in [1.29, 1.82) is 0 Å². The van der Waals surface area contributed by atoms with Crippen LogP contribution in [-0.4, -0.2) is 9.97 Å². The van der Waals surface area contributed by atoms with Crippen molar-refractivity contribution in [3.05, 3.63) is 41.2 Å². The normalized spacial score (nSPS) is 17.0. The van der Waals surface area contributed by atoms with Crippen molar-refractivity contribution in [3.8, 4) is 0 Å². The van der Waals surface area contributed by atoms with Crippen LogP contribution in [0.1, 0.15) is 42.1 Å². The van der Waals surface area contributed by atoms with Crippen LogP contribution in [0.4, 0.5) is 17.3 Å². The predicted molar refractivity (Wildman–Crippen MR) is 80.2 cm³/mol. The van der Waals surface area contributed by atoms with E-state index in [0.717, 1.165) is 17.3 Å². The van der Waals surface area contributed by atoms with Gasteiger partial charge in [0.1, 0.15) is 17.5 Å². The molecule has 20 heavy (non-hydrogen) atoms. The molecule has 102 valence electrons. The smallest absolute Gasteiger partial charge is 0.136 e. The lowest BCUT2D eigenvalue weighted by atomic mass is 10.1. The summed E-state index contributed by atoms with van der Waals surface area (Å²) in [6.45, 7) is 0. The first-order chi connectivity index (χ1) is 9.78. The van der Waals surface area contributed by atoms with Gasteiger partial charge in [-0.05, 0) is 55.4 Å². The van der Waals surface area contributed by atoms with E-state index in [0.29, 0.717) is 11.7 Å². The number of anilines is 3. The van der Waals surface area contributed by atoms with Crippen LogP contribution >= 0.6 is 0 Å². The number of nitrogens with one attached hydrogen (secondary N) is 1. The molecule has 2 aromatic rings. The summed E-state index contributed by atoms with van der Waals surface area (Å²) in [6, 6.07) is 8.38. The minimum absolute atomic E-state index is 0.513. The van der Waals surface area contributed by atoms with Crippen molar-refractivity contribution in [2.75, 3.05) is 11.1 Å². The van der Waals surface area contributed by atoms with Gasteiger partial charge in [-0.15, -0.1) is 0 Å². The fourth-order valence-corrected chi connectivity index (χ4v) is 2.87. The molecule has 1 aromatic heterocycles. The third-order valence-corrected chi connectivity index (χ3v) is 4.08. The number of hydrogen-bond donors (Lipinski definition) is 2. The van der Waals surface area contributed by atoms with Gasteiger partial charge in [0.25, 0.3) is 0 Å². The number of nitrogen functional groups attached to an aromatic ring is 1. The van der Waals surface area contributed by atoms with Crippen molar-refractivity contribution >= 4 is 17.3 Å². The second-order valence-corrected chi connectivity index (χ2v) is 5.77. The largest absolute Gasteiger partial charge is 0.384 e. The average Bonchev–Trinajstić information content (AvgIpc) is 3.17. The Hall–Kier alpha value is -2.10. The van der Waals surface area contributed by atoms with Crippen molar-refractivity contribution in [3.63, 3.8) is 0 Å². The van der Waals surface area contributed by atoms with Gasteiger partial charge in [-0.3, -0.25) is 0 Å². The fourth-order valence-electron chi connectivity index (χ4n) is 2.87. The number of benzene rings is 1. The van der Waals surface area contributed by atoms with Crippen molar-refractivity contribution in [2.24, 2.45) is 0 Å². The van der Waals surface area contributed by atoms with Crippen LogP contribution in [-0.2, 0) is 12.8 Å². The maximum Gasteiger partial charge on any atom is 0.136 e. The topological polar surface area (TPSA) is 63.8 Å². The molecule has 1 heterocycles. The van der Waals surface area contributed by atoms with E-state index in [1.54, 1.807) is 6.07 Å². The Morgan fingerprint density at radius 2 is 1.90 bits per heavy atom. The van der Waals surface area contributed by atoms with Crippen LogP contribution in [0.25, 0.3) is 0 Å². The molecule has 0 amide bonds. The number of aryl methyl sites for hydroxylation is 2. The van der Waals surface area contributed by atoms with Gasteiger partial charge in [0, 0.05) is 17.7 Å². The molecule has 0 aliphatic heterocycles. The van der Waals surface area contributed by atoms with Crippen molar-refractivity contribution < 1.29 is 0 Å². The highest BCUT2D eigenvalue weighted by Crippen LogP contribution is 2.38. The first-order valence-electron chi connectivity index (χ1n) is 7.31. The van der Waals surface area contributed by atoms with Gasteiger partial charge in [-0.2, -0.15) is 0 Å². The maximum absolute atomic E-state index is 5.88. The zero-order valence-corrected chi connectivity index (χ0v) is 11.4. The van der Waals surface area contributed by atoms with E-state index in [-0.39, 0.29) is 0 Å². The Morgan fingerprint density at radius 1 is 1.05 bits per heavy atom. The summed E-state index contributed by atoms with van der Waals surface area (Å²) >= 11 is 0. The van der Waals surface area contributed by atoms with Crippen LogP contribution in [0.15, 0.2) is 24.3 Å². The Labute approximate surface area is 118 Å². The molecule has 4 heteroatoms. The molecule has 4 rings (SSSR count). The van der Waals surface area contributed by atoms with Crippen LogP contribution in [0.5, 0.6) is 0 Å². The molecule has 1 aromatic carbocycles. The zero-order chi connectivity index (χ0) is 13.5. The first-order valence-corrected chi connectivity index (χ1v) is 7.31. The number of nitrogens with zero attached hydrogens (tertiary/aromatic N) is 2. The SMILES string of the molecule is Nc1cc(Nc2ccc3c(c2)CCC3)nc(C2CC2)n1. The fraction of sp³-hybridized carbons (Fsp3) is 0.375. The third-order valence-electron chi connectivity index (χ3n) is 4.08. The standard InChI is InChI=1S/C16H18N4/c17-14-9-15(20-16(19-14)11-4-5-11)18-13-7-6-10-2-1-3-12(10)8-13/h6-9,11H,1-5H2,(H3,17,18,19,20). The molecule has 2 aliphatic carbocycles. The predicted octanol–water partition coefficient (Wildman–Crippen LogP) is 3.17. The number of aromatic nitrogens is 2.